The van der Waals surface area contributed by atoms with Gasteiger partial charge in [0.05, 0.1) is 24.9 Å². The average Bonchev–Trinajstić information content (AvgIpc) is 3.01. The summed E-state index contributed by atoms with van der Waals surface area (Å²) in [6.45, 7) is 13.5. The van der Waals surface area contributed by atoms with E-state index in [1.54, 1.807) is 0 Å². The highest BCUT2D eigenvalue weighted by Crippen LogP contribution is 2.46. The molecule has 3 rings (SSSR count). The van der Waals surface area contributed by atoms with Gasteiger partial charge in [0.1, 0.15) is 5.82 Å². The minimum atomic E-state index is -2.58. The Bertz CT molecular complexity index is 1510. The highest BCUT2D eigenvalue weighted by atomic mass is 28.3. The third-order valence-electron chi connectivity index (χ3n) is 9.56. The quantitative estimate of drug-likeness (QED) is 0.0504. The van der Waals surface area contributed by atoms with Crippen LogP contribution in [0, 0.1) is 58.2 Å². The molecule has 260 valence electrons. The Morgan fingerprint density at radius 3 is 1.43 bits per heavy atom. The fourth-order valence-electron chi connectivity index (χ4n) is 7.21. The van der Waals surface area contributed by atoms with Crippen LogP contribution in [0.4, 0.5) is 55.3 Å². The van der Waals surface area contributed by atoms with Crippen molar-refractivity contribution in [2.24, 2.45) is 0 Å². The van der Waals surface area contributed by atoms with Crippen LogP contribution in [0.1, 0.15) is 80.1 Å². The molecule has 0 amide bonds. The second kappa shape index (κ2) is 15.9. The molecule has 0 spiro atoms. The van der Waals surface area contributed by atoms with Crippen LogP contribution >= 0.6 is 0 Å². The summed E-state index contributed by atoms with van der Waals surface area (Å²) in [4.78, 5) is 0.755. The van der Waals surface area contributed by atoms with Crippen LogP contribution in [-0.4, -0.2) is 14.6 Å². The van der Waals surface area contributed by atoms with Gasteiger partial charge in [-0.1, -0.05) is 102 Å². The summed E-state index contributed by atoms with van der Waals surface area (Å²) < 4.78 is 146. The zero-order chi connectivity index (χ0) is 35.4. The number of unbranched alkanes of at least 4 members (excludes halogenated alkanes) is 5. The number of benzene rings is 3. The van der Waals surface area contributed by atoms with E-state index >= 15 is 8.78 Å². The van der Waals surface area contributed by atoms with E-state index in [9.17, 15) is 35.1 Å². The van der Waals surface area contributed by atoms with Crippen LogP contribution in [0.2, 0.25) is 22.7 Å². The molecule has 12 heteroatoms. The number of hydrogen-bond donors (Lipinski definition) is 0. The number of nitrogens with zero attached hydrogens (tertiary/aromatic N) is 1. The topological polar surface area (TPSA) is 3.24 Å². The van der Waals surface area contributed by atoms with Crippen molar-refractivity contribution < 1.29 is 43.9 Å². The summed E-state index contributed by atoms with van der Waals surface area (Å²) in [6.07, 6.45) is 4.26. The summed E-state index contributed by atoms with van der Waals surface area (Å²) in [6, 6.07) is 5.38. The van der Waals surface area contributed by atoms with E-state index in [1.807, 2.05) is 0 Å². The molecule has 0 heterocycles. The third kappa shape index (κ3) is 7.67. The van der Waals surface area contributed by atoms with E-state index < -0.39 is 83.1 Å². The molecule has 1 nitrogen and oxygen atoms in total. The second-order valence-electron chi connectivity index (χ2n) is 13.0. The third-order valence-corrected chi connectivity index (χ3v) is 17.2. The smallest absolute Gasteiger partial charge is 0.200 e. The summed E-state index contributed by atoms with van der Waals surface area (Å²) in [5.41, 5.74) is -3.42. The lowest BCUT2D eigenvalue weighted by Gasteiger charge is -2.43. The maximum Gasteiger partial charge on any atom is 0.200 e. The Hall–Kier alpha value is -3.02. The van der Waals surface area contributed by atoms with Gasteiger partial charge in [0.2, 0.25) is 5.82 Å². The van der Waals surface area contributed by atoms with Crippen LogP contribution in [0.3, 0.4) is 0 Å². The molecule has 0 radical (unpaired) electrons. The molecule has 47 heavy (non-hydrogen) atoms. The van der Waals surface area contributed by atoms with Gasteiger partial charge < -0.3 is 4.90 Å². The lowest BCUT2D eigenvalue weighted by Crippen LogP contribution is -2.44. The van der Waals surface area contributed by atoms with Gasteiger partial charge in [0.25, 0.3) is 0 Å². The van der Waals surface area contributed by atoms with Gasteiger partial charge in [-0.3, -0.25) is 0 Å². The summed E-state index contributed by atoms with van der Waals surface area (Å²) in [5.74, 6) is -23.1. The highest BCUT2D eigenvalue weighted by molar-refractivity contribution is 6.83. The zero-order valence-corrected chi connectivity index (χ0v) is 28.4. The fourth-order valence-corrected chi connectivity index (χ4v) is 13.8. The van der Waals surface area contributed by atoms with E-state index in [0.717, 1.165) is 36.3 Å². The lowest BCUT2D eigenvalue weighted by atomic mass is 9.98. The molecule has 0 aliphatic rings. The minimum absolute atomic E-state index is 0.190. The molecule has 3 aromatic carbocycles. The van der Waals surface area contributed by atoms with E-state index in [4.69, 9.17) is 0 Å². The van der Waals surface area contributed by atoms with E-state index in [-0.39, 0.29) is 18.7 Å². The molecular formula is C35H41F10NSi. The number of hydrogen-bond acceptors (Lipinski definition) is 1. The number of halogens is 10. The first-order valence-corrected chi connectivity index (χ1v) is 18.3. The van der Waals surface area contributed by atoms with Crippen LogP contribution in [-0.2, 0) is 0 Å². The molecule has 0 saturated carbocycles. The van der Waals surface area contributed by atoms with Crippen molar-refractivity contribution >= 4 is 19.4 Å². The largest absolute Gasteiger partial charge is 0.338 e. The maximum absolute atomic E-state index is 15.5. The van der Waals surface area contributed by atoms with Crippen molar-refractivity contribution in [2.75, 3.05) is 11.4 Å². The first-order chi connectivity index (χ1) is 22.0. The van der Waals surface area contributed by atoms with Crippen molar-refractivity contribution in [2.45, 2.75) is 103 Å². The number of anilines is 2. The normalized spacial score (nSPS) is 12.2. The fraction of sp³-hybridized carbons (Fsp3) is 0.486. The second-order valence-corrected chi connectivity index (χ2v) is 19.2. The number of rotatable bonds is 15. The van der Waals surface area contributed by atoms with E-state index in [0.29, 0.717) is 29.5 Å². The van der Waals surface area contributed by atoms with Crippen molar-refractivity contribution in [3.05, 3.63) is 82.4 Å². The molecule has 0 N–H and O–H groups in total. The zero-order valence-electron chi connectivity index (χ0n) is 27.4. The Morgan fingerprint density at radius 2 is 0.936 bits per heavy atom. The van der Waals surface area contributed by atoms with Crippen LogP contribution in [0.15, 0.2) is 24.3 Å². The summed E-state index contributed by atoms with van der Waals surface area (Å²) in [7, 11) is -1.55. The van der Waals surface area contributed by atoms with E-state index in [1.165, 1.54) is 18.2 Å². The Labute approximate surface area is 271 Å². The molecule has 0 saturated heterocycles. The van der Waals surface area contributed by atoms with Gasteiger partial charge in [-0.05, 0) is 24.6 Å². The predicted octanol–water partition coefficient (Wildman–Crippen LogP) is 12.9. The lowest BCUT2D eigenvalue weighted by molar-refractivity contribution is 0.379. The first-order valence-electron chi connectivity index (χ1n) is 15.9. The van der Waals surface area contributed by atoms with Crippen LogP contribution in [0.5, 0.6) is 0 Å². The molecule has 0 aliphatic carbocycles. The molecule has 0 unspecified atom stereocenters. The van der Waals surface area contributed by atoms with Crippen molar-refractivity contribution in [3.8, 4) is 11.1 Å². The first kappa shape index (κ1) is 38.4. The van der Waals surface area contributed by atoms with Crippen LogP contribution in [0.25, 0.3) is 11.1 Å². The van der Waals surface area contributed by atoms with Gasteiger partial charge in [-0.25, -0.2) is 43.9 Å². The maximum atomic E-state index is 15.5. The van der Waals surface area contributed by atoms with E-state index in [2.05, 4.69) is 41.5 Å². The van der Waals surface area contributed by atoms with Gasteiger partial charge in [-0.2, -0.15) is 0 Å². The molecule has 0 aromatic heterocycles. The predicted molar refractivity (Wildman–Crippen MR) is 168 cm³/mol. The van der Waals surface area contributed by atoms with Crippen molar-refractivity contribution in [1.29, 1.82) is 0 Å². The monoisotopic (exact) mass is 693 g/mol. The van der Waals surface area contributed by atoms with Crippen molar-refractivity contribution in [1.82, 2.24) is 0 Å². The minimum Gasteiger partial charge on any atom is -0.338 e. The Morgan fingerprint density at radius 1 is 0.511 bits per heavy atom. The van der Waals surface area contributed by atoms with Gasteiger partial charge in [0, 0.05) is 12.2 Å². The van der Waals surface area contributed by atoms with Crippen molar-refractivity contribution in [3.63, 3.8) is 0 Å². The molecule has 0 atom stereocenters. The molecule has 0 aliphatic heterocycles. The standard InChI is InChI=1S/C35H41F10NSi/c1-19(2)47(20(3)4,21(5)6)17-12-10-8-7-9-11-16-46(23-15-13-14-22(36)18-23)35-25(28(39)31(42)33(44)34(35)45)24-26(37)29(40)32(43)30(41)27(24)38/h13-15,18-21H,7-12,16-17H2,1-6H3. The van der Waals surface area contributed by atoms with Crippen LogP contribution < -0.4 is 4.90 Å². The molecule has 0 fully saturated rings. The van der Waals surface area contributed by atoms with Gasteiger partial charge in [-0.15, -0.1) is 0 Å². The SMILES string of the molecule is CC(C)[Si](CCCCCCCCN(c1cccc(F)c1)c1c(F)c(F)c(F)c(F)c1-c1c(F)c(F)c(F)c(F)c1F)(C(C)C)C(C)C. The molecular weight excluding hydrogens is 652 g/mol. The average molecular weight is 694 g/mol. The summed E-state index contributed by atoms with van der Waals surface area (Å²) in [5, 5.41) is 0. The van der Waals surface area contributed by atoms with Gasteiger partial charge in [0.15, 0.2) is 46.5 Å². The highest BCUT2D eigenvalue weighted by Gasteiger charge is 2.41. The van der Waals surface area contributed by atoms with Gasteiger partial charge >= 0.3 is 0 Å². The molecule has 0 bridgehead atoms. The Balaban J connectivity index is 1.94. The molecule has 3 aromatic rings. The summed E-state index contributed by atoms with van der Waals surface area (Å²) >= 11 is 0. The Kier molecular flexibility index (Phi) is 13.0.